The van der Waals surface area contributed by atoms with Gasteiger partial charge >= 0.3 is 11.8 Å². The molecule has 20 heavy (non-hydrogen) atoms. The Balaban J connectivity index is 2.73. The second-order valence-electron chi connectivity index (χ2n) is 4.67. The molecule has 3 N–H and O–H groups in total. The molecule has 5 nitrogen and oxygen atoms in total. The number of amides is 2. The summed E-state index contributed by atoms with van der Waals surface area (Å²) in [5, 5.41) is 13.7. The Bertz CT molecular complexity index is 489. The average Bonchev–Trinajstić information content (AvgIpc) is 2.40. The quantitative estimate of drug-likeness (QED) is 0.565. The van der Waals surface area contributed by atoms with Gasteiger partial charge in [-0.25, -0.2) is 0 Å². The summed E-state index contributed by atoms with van der Waals surface area (Å²) in [6.07, 6.45) is 0.425. The number of nitrogens with one attached hydrogen (secondary N) is 2. The van der Waals surface area contributed by atoms with Gasteiger partial charge in [0.1, 0.15) is 0 Å². The molecule has 0 atom stereocenters. The summed E-state index contributed by atoms with van der Waals surface area (Å²) in [5.41, 5.74) is 1.58. The summed E-state index contributed by atoms with van der Waals surface area (Å²) in [5.74, 6) is -1.18. The third-order valence-corrected chi connectivity index (χ3v) is 3.20. The first-order valence-corrected chi connectivity index (χ1v) is 7.24. The highest BCUT2D eigenvalue weighted by Gasteiger charge is 2.16. The predicted molar refractivity (Wildman–Crippen MR) is 81.6 cm³/mol. The Kier molecular flexibility index (Phi) is 6.67. The molecule has 2 amide bonds. The molecule has 1 aromatic carbocycles. The van der Waals surface area contributed by atoms with Gasteiger partial charge in [0.05, 0.1) is 0 Å². The number of aliphatic hydroxyl groups is 1. The number of hydrogen-bond acceptors (Lipinski definition) is 3. The Morgan fingerprint density at radius 2 is 2.00 bits per heavy atom. The van der Waals surface area contributed by atoms with Crippen molar-refractivity contribution in [3.8, 4) is 0 Å². The lowest BCUT2D eigenvalue weighted by molar-refractivity contribution is -0.136. The van der Waals surface area contributed by atoms with Crippen LogP contribution in [0, 0.1) is 0 Å². The molecule has 0 unspecified atom stereocenters. The van der Waals surface area contributed by atoms with E-state index >= 15 is 0 Å². The van der Waals surface area contributed by atoms with Crippen LogP contribution in [0.4, 0.5) is 5.69 Å². The third-order valence-electron chi connectivity index (χ3n) is 2.71. The van der Waals surface area contributed by atoms with Crippen molar-refractivity contribution in [3.63, 3.8) is 0 Å². The molecule has 0 aliphatic carbocycles. The fraction of sp³-hybridized carbons (Fsp3) is 0.429. The maximum atomic E-state index is 11.8. The number of benzene rings is 1. The highest BCUT2D eigenvalue weighted by molar-refractivity contribution is 9.10. The highest BCUT2D eigenvalue weighted by atomic mass is 79.9. The van der Waals surface area contributed by atoms with E-state index in [9.17, 15) is 9.59 Å². The van der Waals surface area contributed by atoms with Gasteiger partial charge in [0.25, 0.3) is 0 Å². The molecule has 0 heterocycles. The third kappa shape index (κ3) is 4.94. The van der Waals surface area contributed by atoms with Crippen molar-refractivity contribution in [1.82, 2.24) is 5.32 Å². The van der Waals surface area contributed by atoms with E-state index in [-0.39, 0.29) is 19.1 Å². The molecule has 0 bridgehead atoms. The standard InChI is InChI=1S/C14H19BrN2O3/c1-9(2)11-8-10(15)4-5-12(11)17-14(20)13(19)16-6-3-7-18/h4-5,8-9,18H,3,6-7H2,1-2H3,(H,16,19)(H,17,20). The fourth-order valence-corrected chi connectivity index (χ4v) is 2.04. The summed E-state index contributed by atoms with van der Waals surface area (Å²) in [4.78, 5) is 23.3. The first kappa shape index (κ1) is 16.7. The second-order valence-corrected chi connectivity index (χ2v) is 5.59. The molecule has 110 valence electrons. The Morgan fingerprint density at radius 1 is 1.30 bits per heavy atom. The van der Waals surface area contributed by atoms with E-state index in [4.69, 9.17) is 5.11 Å². The first-order chi connectivity index (χ1) is 9.45. The van der Waals surface area contributed by atoms with Gasteiger partial charge in [-0.3, -0.25) is 9.59 Å². The number of carbonyl (C=O) groups is 2. The lowest BCUT2D eigenvalue weighted by Crippen LogP contribution is -2.36. The minimum absolute atomic E-state index is 0.0217. The summed E-state index contributed by atoms with van der Waals surface area (Å²) < 4.78 is 0.923. The summed E-state index contributed by atoms with van der Waals surface area (Å²) in [7, 11) is 0. The SMILES string of the molecule is CC(C)c1cc(Br)ccc1NC(=O)C(=O)NCCCO. The van der Waals surface area contributed by atoms with Gasteiger partial charge in [0.2, 0.25) is 0 Å². The Labute approximate surface area is 126 Å². The van der Waals surface area contributed by atoms with Crippen molar-refractivity contribution in [2.75, 3.05) is 18.5 Å². The van der Waals surface area contributed by atoms with Crippen molar-refractivity contribution in [2.24, 2.45) is 0 Å². The number of anilines is 1. The van der Waals surface area contributed by atoms with Gasteiger partial charge < -0.3 is 15.7 Å². The van der Waals surface area contributed by atoms with Gasteiger partial charge in [-0.2, -0.15) is 0 Å². The number of halogens is 1. The van der Waals surface area contributed by atoms with Crippen LogP contribution in [0.2, 0.25) is 0 Å². The van der Waals surface area contributed by atoms with E-state index in [0.717, 1.165) is 10.0 Å². The maximum absolute atomic E-state index is 11.8. The molecule has 0 spiro atoms. The molecule has 1 aromatic rings. The van der Waals surface area contributed by atoms with E-state index < -0.39 is 11.8 Å². The minimum Gasteiger partial charge on any atom is -0.396 e. The van der Waals surface area contributed by atoms with Crippen molar-refractivity contribution in [1.29, 1.82) is 0 Å². The van der Waals surface area contributed by atoms with Gasteiger partial charge in [-0.1, -0.05) is 29.8 Å². The average molecular weight is 343 g/mol. The van der Waals surface area contributed by atoms with Crippen LogP contribution in [-0.2, 0) is 9.59 Å². The van der Waals surface area contributed by atoms with E-state index in [1.54, 1.807) is 6.07 Å². The van der Waals surface area contributed by atoms with Gasteiger partial charge in [0.15, 0.2) is 0 Å². The molecular weight excluding hydrogens is 324 g/mol. The topological polar surface area (TPSA) is 78.4 Å². The van der Waals surface area contributed by atoms with E-state index in [0.29, 0.717) is 12.1 Å². The zero-order valence-electron chi connectivity index (χ0n) is 11.6. The molecule has 0 radical (unpaired) electrons. The van der Waals surface area contributed by atoms with Crippen LogP contribution >= 0.6 is 15.9 Å². The van der Waals surface area contributed by atoms with E-state index in [1.165, 1.54) is 0 Å². The molecule has 1 rings (SSSR count). The van der Waals surface area contributed by atoms with Crippen LogP contribution in [-0.4, -0.2) is 30.1 Å². The van der Waals surface area contributed by atoms with Crippen LogP contribution < -0.4 is 10.6 Å². The number of aliphatic hydroxyl groups excluding tert-OH is 1. The smallest absolute Gasteiger partial charge is 0.313 e. The number of carbonyl (C=O) groups excluding carboxylic acids is 2. The van der Waals surface area contributed by atoms with Crippen LogP contribution in [0.15, 0.2) is 22.7 Å². The van der Waals surface area contributed by atoms with Gasteiger partial charge in [-0.05, 0) is 36.1 Å². The molecule has 0 fully saturated rings. The van der Waals surface area contributed by atoms with Crippen molar-refractivity contribution in [3.05, 3.63) is 28.2 Å². The molecule has 0 aromatic heterocycles. The number of hydrogen-bond donors (Lipinski definition) is 3. The van der Waals surface area contributed by atoms with Crippen LogP contribution in [0.3, 0.4) is 0 Å². The second kappa shape index (κ2) is 8.01. The summed E-state index contributed by atoms with van der Waals surface area (Å²) >= 11 is 3.39. The van der Waals surface area contributed by atoms with Crippen molar-refractivity contribution < 1.29 is 14.7 Å². The Morgan fingerprint density at radius 3 is 2.60 bits per heavy atom. The van der Waals surface area contributed by atoms with Gasteiger partial charge in [-0.15, -0.1) is 0 Å². The summed E-state index contributed by atoms with van der Waals surface area (Å²) in [6.45, 7) is 4.28. The molecule has 6 heteroatoms. The van der Waals surface area contributed by atoms with E-state index in [2.05, 4.69) is 26.6 Å². The molecular formula is C14H19BrN2O3. The zero-order valence-corrected chi connectivity index (χ0v) is 13.2. The van der Waals surface area contributed by atoms with Crippen molar-refractivity contribution in [2.45, 2.75) is 26.2 Å². The molecule has 0 saturated heterocycles. The van der Waals surface area contributed by atoms with Crippen LogP contribution in [0.1, 0.15) is 31.7 Å². The largest absolute Gasteiger partial charge is 0.396 e. The normalized spacial score (nSPS) is 10.4. The van der Waals surface area contributed by atoms with Gasteiger partial charge in [0, 0.05) is 23.3 Å². The van der Waals surface area contributed by atoms with Crippen LogP contribution in [0.25, 0.3) is 0 Å². The maximum Gasteiger partial charge on any atom is 0.313 e. The number of rotatable bonds is 5. The summed E-state index contributed by atoms with van der Waals surface area (Å²) in [6, 6.07) is 5.49. The molecule has 0 aliphatic heterocycles. The molecule has 0 saturated carbocycles. The highest BCUT2D eigenvalue weighted by Crippen LogP contribution is 2.27. The van der Waals surface area contributed by atoms with E-state index in [1.807, 2.05) is 26.0 Å². The first-order valence-electron chi connectivity index (χ1n) is 6.45. The monoisotopic (exact) mass is 342 g/mol. The minimum atomic E-state index is -0.702. The Hall–Kier alpha value is -1.40. The fourth-order valence-electron chi connectivity index (χ4n) is 1.67. The predicted octanol–water partition coefficient (Wildman–Crippen LogP) is 2.01. The van der Waals surface area contributed by atoms with Crippen molar-refractivity contribution >= 4 is 33.4 Å². The lowest BCUT2D eigenvalue weighted by atomic mass is 10.0. The molecule has 0 aliphatic rings. The zero-order chi connectivity index (χ0) is 15.1. The van der Waals surface area contributed by atoms with Crippen LogP contribution in [0.5, 0.6) is 0 Å². The lowest BCUT2D eigenvalue weighted by Gasteiger charge is -2.14.